The van der Waals surface area contributed by atoms with Crippen molar-refractivity contribution in [3.8, 4) is 0 Å². The maximum absolute atomic E-state index is 11.0. The van der Waals surface area contributed by atoms with E-state index in [1.165, 1.54) is 430 Å². The van der Waals surface area contributed by atoms with Gasteiger partial charge < -0.3 is 4.79 Å². The number of ketones is 1. The first-order valence-corrected chi connectivity index (χ1v) is 35.8. The molecule has 1 heteroatoms. The van der Waals surface area contributed by atoms with E-state index in [4.69, 9.17) is 0 Å². The molecule has 438 valence electrons. The Kier molecular flexibility index (Phi) is 69.4. The van der Waals surface area contributed by atoms with Crippen molar-refractivity contribution in [3.63, 3.8) is 0 Å². The number of hydrogen-bond acceptors (Lipinski definition) is 1. The second kappa shape index (κ2) is 69.7. The Morgan fingerprint density at radius 3 is 0.315 bits per heavy atom. The van der Waals surface area contributed by atoms with E-state index in [0.717, 1.165) is 12.8 Å². The minimum absolute atomic E-state index is 0.355. The average molecular weight is 1030 g/mol. The largest absolute Gasteiger partial charge is 0.300 e. The number of hydrogen-bond donors (Lipinski definition) is 0. The van der Waals surface area contributed by atoms with Crippen molar-refractivity contribution in [1.29, 1.82) is 0 Å². The fraction of sp³-hybridized carbons (Fsp3) is 0.986. The van der Waals surface area contributed by atoms with E-state index >= 15 is 0 Å². The van der Waals surface area contributed by atoms with Crippen molar-refractivity contribution in [1.82, 2.24) is 0 Å². The lowest BCUT2D eigenvalue weighted by Crippen LogP contribution is -1.89. The molecule has 0 atom stereocenters. The molecule has 0 bridgehead atoms. The van der Waals surface area contributed by atoms with Gasteiger partial charge in [-0.05, 0) is 13.3 Å². The standard InChI is InChI=1S/C72H144O/c1-3-4-5-6-7-8-9-10-11-12-13-14-15-16-17-18-19-20-21-22-23-24-25-26-27-28-29-30-31-32-33-34-35-36-37-38-39-40-41-42-43-44-45-46-47-48-49-50-51-52-53-54-55-56-57-58-59-60-61-62-63-64-65-66-67-68-69-70-71-72(2)73/h3-71H2,1-2H3. The highest BCUT2D eigenvalue weighted by Crippen LogP contribution is 2.21. The van der Waals surface area contributed by atoms with Gasteiger partial charge in [0, 0.05) is 6.42 Å². The maximum atomic E-state index is 11.0. The van der Waals surface area contributed by atoms with Gasteiger partial charge in [-0.15, -0.1) is 0 Å². The summed E-state index contributed by atoms with van der Waals surface area (Å²) in [5, 5.41) is 0. The van der Waals surface area contributed by atoms with Crippen molar-refractivity contribution >= 4 is 5.78 Å². The van der Waals surface area contributed by atoms with Crippen LogP contribution in [0.15, 0.2) is 0 Å². The van der Waals surface area contributed by atoms with Gasteiger partial charge in [0.25, 0.3) is 0 Å². The van der Waals surface area contributed by atoms with E-state index in [0.29, 0.717) is 5.78 Å². The van der Waals surface area contributed by atoms with Crippen LogP contribution in [-0.2, 0) is 4.79 Å². The van der Waals surface area contributed by atoms with Crippen LogP contribution in [0.2, 0.25) is 0 Å². The molecule has 0 aliphatic carbocycles. The summed E-state index contributed by atoms with van der Waals surface area (Å²) in [7, 11) is 0. The highest BCUT2D eigenvalue weighted by Gasteiger charge is 2.01. The third-order valence-corrected chi connectivity index (χ3v) is 17.4. The van der Waals surface area contributed by atoms with Crippen LogP contribution in [0.4, 0.5) is 0 Å². The molecule has 73 heavy (non-hydrogen) atoms. The summed E-state index contributed by atoms with van der Waals surface area (Å²) >= 11 is 0. The number of rotatable bonds is 69. The predicted octanol–water partition coefficient (Wildman–Crippen LogP) is 27.5. The summed E-state index contributed by atoms with van der Waals surface area (Å²) in [6.45, 7) is 4.03. The van der Waals surface area contributed by atoms with E-state index in [9.17, 15) is 4.79 Å². The molecule has 0 aromatic heterocycles. The lowest BCUT2D eigenvalue weighted by atomic mass is 10.0. The fourth-order valence-corrected chi connectivity index (χ4v) is 12.1. The normalized spacial score (nSPS) is 11.7. The molecule has 0 rings (SSSR count). The van der Waals surface area contributed by atoms with E-state index in [-0.39, 0.29) is 0 Å². The summed E-state index contributed by atoms with van der Waals surface area (Å²) in [5.74, 6) is 0.355. The van der Waals surface area contributed by atoms with Gasteiger partial charge in [0.2, 0.25) is 0 Å². The number of Topliss-reactive ketones (excluding diaryl/α,β-unsaturated/α-hetero) is 1. The minimum Gasteiger partial charge on any atom is -0.300 e. The quantitative estimate of drug-likeness (QED) is 0.0555. The van der Waals surface area contributed by atoms with E-state index in [1.807, 2.05) is 0 Å². The Morgan fingerprint density at radius 1 is 0.151 bits per heavy atom. The highest BCUT2D eigenvalue weighted by atomic mass is 16.1. The molecule has 0 saturated heterocycles. The third kappa shape index (κ3) is 71.7. The molecular formula is C72H144O. The van der Waals surface area contributed by atoms with Gasteiger partial charge in [0.15, 0.2) is 0 Å². The van der Waals surface area contributed by atoms with Gasteiger partial charge in [0.05, 0.1) is 0 Å². The Morgan fingerprint density at radius 2 is 0.233 bits per heavy atom. The molecule has 0 unspecified atom stereocenters. The van der Waals surface area contributed by atoms with Crippen LogP contribution in [-0.4, -0.2) is 5.78 Å². The molecule has 0 aromatic rings. The first-order chi connectivity index (χ1) is 36.3. The second-order valence-corrected chi connectivity index (χ2v) is 25.1. The smallest absolute Gasteiger partial charge is 0.129 e. The minimum atomic E-state index is 0.355. The number of carbonyl (C=O) groups is 1. The molecule has 0 aliphatic rings. The predicted molar refractivity (Wildman–Crippen MR) is 335 cm³/mol. The third-order valence-electron chi connectivity index (χ3n) is 17.4. The van der Waals surface area contributed by atoms with Crippen molar-refractivity contribution < 1.29 is 4.79 Å². The van der Waals surface area contributed by atoms with Crippen molar-refractivity contribution in [2.24, 2.45) is 0 Å². The Balaban J connectivity index is 3.08. The van der Waals surface area contributed by atoms with Crippen LogP contribution in [0.25, 0.3) is 0 Å². The Labute approximate surface area is 465 Å². The molecule has 0 aromatic carbocycles. The molecule has 0 saturated carbocycles. The van der Waals surface area contributed by atoms with Crippen LogP contribution in [0, 0.1) is 0 Å². The Bertz CT molecular complexity index is 938. The SMILES string of the molecule is CCCCCCCCCCCCCCCCCCCCCCCCCCCCCCCCCCCCCCCCCCCCCCCCCCCCCCCCCCCCCCCCCCCCCCC(C)=O. The zero-order chi connectivity index (χ0) is 52.4. The molecular weight excluding hydrogens is 881 g/mol. The van der Waals surface area contributed by atoms with Crippen molar-refractivity contribution in [3.05, 3.63) is 0 Å². The summed E-state index contributed by atoms with van der Waals surface area (Å²) < 4.78 is 0. The molecule has 0 amide bonds. The molecule has 0 aliphatic heterocycles. The van der Waals surface area contributed by atoms with Gasteiger partial charge in [-0.3, -0.25) is 0 Å². The van der Waals surface area contributed by atoms with E-state index < -0.39 is 0 Å². The maximum Gasteiger partial charge on any atom is 0.129 e. The van der Waals surface area contributed by atoms with Gasteiger partial charge >= 0.3 is 0 Å². The number of carbonyl (C=O) groups excluding carboxylic acids is 1. The monoisotopic (exact) mass is 1030 g/mol. The van der Waals surface area contributed by atoms with Gasteiger partial charge in [-0.25, -0.2) is 0 Å². The van der Waals surface area contributed by atoms with E-state index in [1.54, 1.807) is 6.92 Å². The van der Waals surface area contributed by atoms with Crippen LogP contribution in [0.1, 0.15) is 457 Å². The second-order valence-electron chi connectivity index (χ2n) is 25.1. The molecule has 0 radical (unpaired) electrons. The van der Waals surface area contributed by atoms with Crippen LogP contribution in [0.5, 0.6) is 0 Å². The molecule has 0 N–H and O–H groups in total. The summed E-state index contributed by atoms with van der Waals surface area (Å²) in [5.41, 5.74) is 0. The fourth-order valence-electron chi connectivity index (χ4n) is 12.1. The van der Waals surface area contributed by atoms with Crippen LogP contribution >= 0.6 is 0 Å². The number of unbranched alkanes of at least 4 members (excludes halogenated alkanes) is 67. The van der Waals surface area contributed by atoms with Crippen LogP contribution in [0.3, 0.4) is 0 Å². The first kappa shape index (κ1) is 72.7. The van der Waals surface area contributed by atoms with Crippen LogP contribution < -0.4 is 0 Å². The summed E-state index contributed by atoms with van der Waals surface area (Å²) in [6.07, 6.45) is 101. The summed E-state index contributed by atoms with van der Waals surface area (Å²) in [6, 6.07) is 0. The topological polar surface area (TPSA) is 17.1 Å². The first-order valence-electron chi connectivity index (χ1n) is 35.8. The Hall–Kier alpha value is -0.330. The molecule has 0 spiro atoms. The zero-order valence-electron chi connectivity index (χ0n) is 51.7. The lowest BCUT2D eigenvalue weighted by Gasteiger charge is -2.05. The molecule has 1 nitrogen and oxygen atoms in total. The zero-order valence-corrected chi connectivity index (χ0v) is 51.7. The highest BCUT2D eigenvalue weighted by molar-refractivity contribution is 5.75. The average Bonchev–Trinajstić information content (AvgIpc) is 3.39. The van der Waals surface area contributed by atoms with Gasteiger partial charge in [0.1, 0.15) is 5.78 Å². The molecule has 0 heterocycles. The summed E-state index contributed by atoms with van der Waals surface area (Å²) in [4.78, 5) is 11.0. The van der Waals surface area contributed by atoms with Gasteiger partial charge in [-0.1, -0.05) is 437 Å². The van der Waals surface area contributed by atoms with Crippen molar-refractivity contribution in [2.75, 3.05) is 0 Å². The van der Waals surface area contributed by atoms with E-state index in [2.05, 4.69) is 6.92 Å². The van der Waals surface area contributed by atoms with Crippen molar-refractivity contribution in [2.45, 2.75) is 457 Å². The lowest BCUT2D eigenvalue weighted by molar-refractivity contribution is -0.117. The molecule has 0 fully saturated rings. The van der Waals surface area contributed by atoms with Gasteiger partial charge in [-0.2, -0.15) is 0 Å².